The van der Waals surface area contributed by atoms with E-state index >= 15 is 0 Å². The average molecular weight is 437 g/mol. The van der Waals surface area contributed by atoms with Crippen LogP contribution in [0.3, 0.4) is 0 Å². The second kappa shape index (κ2) is 9.51. The van der Waals surface area contributed by atoms with Crippen LogP contribution >= 0.6 is 0 Å². The van der Waals surface area contributed by atoms with Crippen LogP contribution in [0.1, 0.15) is 24.0 Å². The van der Waals surface area contributed by atoms with E-state index in [2.05, 4.69) is 22.2 Å². The normalized spacial score (nSPS) is 19.8. The van der Waals surface area contributed by atoms with Gasteiger partial charge < -0.3 is 19.9 Å². The number of hydrogen-bond donors (Lipinski definition) is 1. The highest BCUT2D eigenvalue weighted by molar-refractivity contribution is 6.02. The minimum atomic E-state index is -0.513. The largest absolute Gasteiger partial charge is 0.376 e. The average Bonchev–Trinajstić information content (AvgIpc) is 3.32. The maximum absolute atomic E-state index is 13.4. The minimum absolute atomic E-state index is 0.0317. The van der Waals surface area contributed by atoms with E-state index in [9.17, 15) is 14.9 Å². The van der Waals surface area contributed by atoms with Gasteiger partial charge in [-0.25, -0.2) is 4.98 Å². The predicted molar refractivity (Wildman–Crippen MR) is 121 cm³/mol. The Balaban J connectivity index is 1.74. The molecule has 2 saturated heterocycles. The molecule has 32 heavy (non-hydrogen) atoms. The number of rotatable bonds is 5. The van der Waals surface area contributed by atoms with Crippen molar-refractivity contribution in [2.75, 3.05) is 51.3 Å². The molecule has 9 nitrogen and oxygen atoms in total. The van der Waals surface area contributed by atoms with Crippen molar-refractivity contribution in [2.24, 2.45) is 0 Å². The number of nitrogens with zero attached hydrogens (tertiary/aromatic N) is 5. The Morgan fingerprint density at radius 3 is 2.84 bits per heavy atom. The van der Waals surface area contributed by atoms with Gasteiger partial charge in [0.25, 0.3) is 11.5 Å². The second-order valence-corrected chi connectivity index (χ2v) is 8.34. The lowest BCUT2D eigenvalue weighted by Crippen LogP contribution is -2.45. The molecule has 9 heteroatoms. The van der Waals surface area contributed by atoms with Crippen LogP contribution < -0.4 is 15.8 Å². The zero-order valence-corrected chi connectivity index (χ0v) is 18.5. The molecular formula is C23H28N6O3. The Bertz CT molecular complexity index is 1130. The molecule has 2 aliphatic heterocycles. The number of ether oxygens (including phenoxy) is 1. The smallest absolute Gasteiger partial charge is 0.267 e. The lowest BCUT2D eigenvalue weighted by molar-refractivity contribution is -0.117. The van der Waals surface area contributed by atoms with E-state index in [4.69, 9.17) is 9.72 Å². The van der Waals surface area contributed by atoms with Gasteiger partial charge in [-0.05, 0) is 44.5 Å². The minimum Gasteiger partial charge on any atom is -0.376 e. The third kappa shape index (κ3) is 4.52. The summed E-state index contributed by atoms with van der Waals surface area (Å²) in [4.78, 5) is 35.2. The summed E-state index contributed by atoms with van der Waals surface area (Å²) in [5, 5.41) is 12.4. The number of carbonyl (C=O) groups excluding carboxylic acids is 1. The van der Waals surface area contributed by atoms with E-state index in [1.165, 1.54) is 10.5 Å². The van der Waals surface area contributed by atoms with Crippen LogP contribution in [0, 0.1) is 18.3 Å². The van der Waals surface area contributed by atoms with Crippen molar-refractivity contribution in [3.8, 4) is 6.07 Å². The van der Waals surface area contributed by atoms with Gasteiger partial charge in [-0.15, -0.1) is 0 Å². The number of likely N-dealkylation sites (N-methyl/N-ethyl adjacent to an activating group) is 1. The number of hydrogen-bond acceptors (Lipinski definition) is 7. The molecule has 0 spiro atoms. The van der Waals surface area contributed by atoms with Gasteiger partial charge in [-0.1, -0.05) is 6.07 Å². The first-order valence-electron chi connectivity index (χ1n) is 10.9. The third-order valence-electron chi connectivity index (χ3n) is 6.04. The van der Waals surface area contributed by atoms with Crippen molar-refractivity contribution in [3.05, 3.63) is 45.4 Å². The molecule has 4 rings (SSSR count). The van der Waals surface area contributed by atoms with Crippen molar-refractivity contribution in [1.82, 2.24) is 19.6 Å². The number of piperazine rings is 1. The van der Waals surface area contributed by atoms with Crippen molar-refractivity contribution in [1.29, 1.82) is 5.26 Å². The first-order chi connectivity index (χ1) is 15.5. The molecule has 1 N–H and O–H groups in total. The van der Waals surface area contributed by atoms with E-state index in [1.807, 2.05) is 19.1 Å². The lowest BCUT2D eigenvalue weighted by atomic mass is 10.1. The molecule has 0 bridgehead atoms. The van der Waals surface area contributed by atoms with E-state index < -0.39 is 5.91 Å². The number of carbonyl (C=O) groups is 1. The summed E-state index contributed by atoms with van der Waals surface area (Å²) in [7, 11) is 2.05. The van der Waals surface area contributed by atoms with Gasteiger partial charge in [0, 0.05) is 45.5 Å². The molecule has 2 aliphatic rings. The molecule has 1 atom stereocenters. The molecule has 0 radical (unpaired) electrons. The fourth-order valence-electron chi connectivity index (χ4n) is 4.09. The van der Waals surface area contributed by atoms with E-state index in [0.29, 0.717) is 37.7 Å². The Hall–Kier alpha value is -3.22. The fourth-order valence-corrected chi connectivity index (χ4v) is 4.09. The van der Waals surface area contributed by atoms with Crippen LogP contribution in [-0.4, -0.2) is 72.7 Å². The SMILES string of the molecule is Cc1cccn2c(=O)c(/C=C(\C#N)C(=O)NCC3CCCO3)c(N3CCN(C)CC3)nc12. The summed E-state index contributed by atoms with van der Waals surface area (Å²) in [6, 6.07) is 5.65. The summed E-state index contributed by atoms with van der Waals surface area (Å²) in [5.74, 6) is -0.00172. The van der Waals surface area contributed by atoms with Crippen LogP contribution in [-0.2, 0) is 9.53 Å². The van der Waals surface area contributed by atoms with Crippen molar-refractivity contribution in [2.45, 2.75) is 25.9 Å². The highest BCUT2D eigenvalue weighted by atomic mass is 16.5. The first kappa shape index (κ1) is 22.0. The Labute approximate surface area is 186 Å². The van der Waals surface area contributed by atoms with Crippen molar-refractivity contribution < 1.29 is 9.53 Å². The summed E-state index contributed by atoms with van der Waals surface area (Å²) >= 11 is 0. The highest BCUT2D eigenvalue weighted by Crippen LogP contribution is 2.22. The molecule has 2 aromatic rings. The van der Waals surface area contributed by atoms with Crippen LogP contribution in [0.25, 0.3) is 11.7 Å². The Morgan fingerprint density at radius 2 is 2.16 bits per heavy atom. The number of amides is 1. The maximum Gasteiger partial charge on any atom is 0.267 e. The van der Waals surface area contributed by atoms with Crippen molar-refractivity contribution in [3.63, 3.8) is 0 Å². The molecule has 2 fully saturated rings. The van der Waals surface area contributed by atoms with Gasteiger partial charge in [-0.3, -0.25) is 14.0 Å². The van der Waals surface area contributed by atoms with Crippen LogP contribution in [0.15, 0.2) is 28.7 Å². The zero-order chi connectivity index (χ0) is 22.7. The van der Waals surface area contributed by atoms with Crippen molar-refractivity contribution >= 4 is 23.4 Å². The van der Waals surface area contributed by atoms with Gasteiger partial charge in [0.05, 0.1) is 11.7 Å². The second-order valence-electron chi connectivity index (χ2n) is 8.34. The van der Waals surface area contributed by atoms with Gasteiger partial charge in [-0.2, -0.15) is 5.26 Å². The molecule has 0 saturated carbocycles. The molecule has 2 aromatic heterocycles. The maximum atomic E-state index is 13.4. The monoisotopic (exact) mass is 436 g/mol. The van der Waals surface area contributed by atoms with Gasteiger partial charge in [0.15, 0.2) is 0 Å². The summed E-state index contributed by atoms with van der Waals surface area (Å²) in [6.45, 7) is 6.03. The van der Waals surface area contributed by atoms with E-state index in [0.717, 1.165) is 31.5 Å². The third-order valence-corrected chi connectivity index (χ3v) is 6.04. The molecule has 168 valence electrons. The molecule has 4 heterocycles. The number of anilines is 1. The van der Waals surface area contributed by atoms with Crippen LogP contribution in [0.5, 0.6) is 0 Å². The standard InChI is InChI=1S/C23H28N6O3/c1-16-5-3-7-29-20(16)26-21(28-10-8-27(2)9-11-28)19(23(29)31)13-17(14-24)22(30)25-15-18-6-4-12-32-18/h3,5,7,13,18H,4,6,8-12,15H2,1-2H3,(H,25,30)/b17-13+. The molecule has 1 amide bonds. The van der Waals surface area contributed by atoms with Crippen LogP contribution in [0.2, 0.25) is 0 Å². The van der Waals surface area contributed by atoms with Gasteiger partial charge >= 0.3 is 0 Å². The lowest BCUT2D eigenvalue weighted by Gasteiger charge is -2.34. The summed E-state index contributed by atoms with van der Waals surface area (Å²) in [5.41, 5.74) is 1.29. The molecular weight excluding hydrogens is 408 g/mol. The molecule has 0 aromatic carbocycles. The summed E-state index contributed by atoms with van der Waals surface area (Å²) in [6.07, 6.45) is 4.86. The number of nitrogens with one attached hydrogen (secondary N) is 1. The number of fused-ring (bicyclic) bond motifs is 1. The first-order valence-corrected chi connectivity index (χ1v) is 10.9. The van der Waals surface area contributed by atoms with E-state index in [-0.39, 0.29) is 22.8 Å². The molecule has 1 unspecified atom stereocenters. The summed E-state index contributed by atoms with van der Waals surface area (Å²) < 4.78 is 7.00. The zero-order valence-electron chi connectivity index (χ0n) is 18.5. The number of aryl methyl sites for hydroxylation is 1. The van der Waals surface area contributed by atoms with Crippen LogP contribution in [0.4, 0.5) is 5.82 Å². The Morgan fingerprint density at radius 1 is 1.38 bits per heavy atom. The highest BCUT2D eigenvalue weighted by Gasteiger charge is 2.23. The predicted octanol–water partition coefficient (Wildman–Crippen LogP) is 0.957. The van der Waals surface area contributed by atoms with Gasteiger partial charge in [0.2, 0.25) is 0 Å². The fraction of sp³-hybridized carbons (Fsp3) is 0.478. The topological polar surface area (TPSA) is 103 Å². The quantitative estimate of drug-likeness (QED) is 0.550. The van der Waals surface area contributed by atoms with Gasteiger partial charge in [0.1, 0.15) is 23.1 Å². The Kier molecular flexibility index (Phi) is 6.53. The number of nitriles is 1. The van der Waals surface area contributed by atoms with E-state index in [1.54, 1.807) is 12.3 Å². The number of pyridine rings is 1. The number of aromatic nitrogens is 2. The molecule has 0 aliphatic carbocycles.